The maximum absolute atomic E-state index is 13.0. The van der Waals surface area contributed by atoms with Crippen molar-refractivity contribution in [2.75, 3.05) is 24.5 Å². The predicted molar refractivity (Wildman–Crippen MR) is 97.1 cm³/mol. The van der Waals surface area contributed by atoms with Gasteiger partial charge in [-0.1, -0.05) is 18.6 Å². The summed E-state index contributed by atoms with van der Waals surface area (Å²) in [6, 6.07) is 8.24. The van der Waals surface area contributed by atoms with Gasteiger partial charge in [0.15, 0.2) is 0 Å². The van der Waals surface area contributed by atoms with Crippen LogP contribution in [0.1, 0.15) is 24.8 Å². The number of nitrogens with zero attached hydrogens (tertiary/aromatic N) is 3. The summed E-state index contributed by atoms with van der Waals surface area (Å²) in [7, 11) is 0. The van der Waals surface area contributed by atoms with E-state index in [1.807, 2.05) is 0 Å². The number of hydrogen-bond acceptors (Lipinski definition) is 4. The van der Waals surface area contributed by atoms with Crippen molar-refractivity contribution in [3.05, 3.63) is 54.1 Å². The molecule has 2 aromatic rings. The number of aromatic nitrogens is 2. The fraction of sp³-hybridized carbons (Fsp3) is 0.450. The molecular weight excluding hydrogens is 331 g/mol. The van der Waals surface area contributed by atoms with Gasteiger partial charge in [0.25, 0.3) is 0 Å². The highest BCUT2D eigenvalue weighted by Crippen LogP contribution is 2.52. The van der Waals surface area contributed by atoms with Gasteiger partial charge in [0.05, 0.1) is 5.92 Å². The van der Waals surface area contributed by atoms with Crippen LogP contribution >= 0.6 is 0 Å². The molecule has 0 bridgehead atoms. The van der Waals surface area contributed by atoms with E-state index in [0.29, 0.717) is 25.5 Å². The van der Waals surface area contributed by atoms with Crippen LogP contribution in [0.3, 0.4) is 0 Å². The van der Waals surface area contributed by atoms with E-state index in [9.17, 15) is 9.18 Å². The van der Waals surface area contributed by atoms with Crippen LogP contribution in [0.5, 0.6) is 0 Å². The van der Waals surface area contributed by atoms with E-state index in [4.69, 9.17) is 0 Å². The zero-order chi connectivity index (χ0) is 18.0. The fourth-order valence-corrected chi connectivity index (χ4v) is 4.18. The molecule has 2 fully saturated rings. The summed E-state index contributed by atoms with van der Waals surface area (Å²) in [5.41, 5.74) is 1.09. The van der Waals surface area contributed by atoms with Crippen molar-refractivity contribution >= 4 is 11.9 Å². The normalized spacial score (nSPS) is 20.8. The summed E-state index contributed by atoms with van der Waals surface area (Å²) in [6.45, 7) is 2.10. The molecule has 1 spiro atoms. The van der Waals surface area contributed by atoms with Gasteiger partial charge in [-0.3, -0.25) is 4.79 Å². The van der Waals surface area contributed by atoms with Crippen molar-refractivity contribution in [2.24, 2.45) is 11.3 Å². The van der Waals surface area contributed by atoms with E-state index >= 15 is 0 Å². The average Bonchev–Trinajstić information content (AvgIpc) is 3.06. The summed E-state index contributed by atoms with van der Waals surface area (Å²) in [4.78, 5) is 23.7. The van der Waals surface area contributed by atoms with Gasteiger partial charge in [-0.15, -0.1) is 0 Å². The number of halogens is 1. The molecule has 1 N–H and O–H groups in total. The quantitative estimate of drug-likeness (QED) is 0.897. The fourth-order valence-electron chi connectivity index (χ4n) is 4.18. The second kappa shape index (κ2) is 7.02. The molecule has 1 saturated heterocycles. The number of hydrogen-bond donors (Lipinski definition) is 1. The lowest BCUT2D eigenvalue weighted by Crippen LogP contribution is -2.45. The Morgan fingerprint density at radius 1 is 1.23 bits per heavy atom. The van der Waals surface area contributed by atoms with E-state index in [1.165, 1.54) is 18.6 Å². The van der Waals surface area contributed by atoms with Crippen LogP contribution in [0.2, 0.25) is 0 Å². The first-order chi connectivity index (χ1) is 12.7. The van der Waals surface area contributed by atoms with Gasteiger partial charge < -0.3 is 10.2 Å². The predicted octanol–water partition coefficient (Wildman–Crippen LogP) is 2.58. The molecule has 5 nitrogen and oxygen atoms in total. The number of rotatable bonds is 5. The third-order valence-electron chi connectivity index (χ3n) is 5.77. The van der Waals surface area contributed by atoms with Gasteiger partial charge in [-0.05, 0) is 43.0 Å². The highest BCUT2D eigenvalue weighted by atomic mass is 19.1. The molecule has 1 amide bonds. The van der Waals surface area contributed by atoms with Gasteiger partial charge in [0.1, 0.15) is 5.82 Å². The Kier molecular flexibility index (Phi) is 4.57. The summed E-state index contributed by atoms with van der Waals surface area (Å²) < 4.78 is 13.0. The van der Waals surface area contributed by atoms with Crippen molar-refractivity contribution in [1.29, 1.82) is 0 Å². The van der Waals surface area contributed by atoms with E-state index < -0.39 is 0 Å². The Balaban J connectivity index is 1.37. The second-order valence-electron chi connectivity index (χ2n) is 7.37. The molecule has 1 saturated carbocycles. The summed E-state index contributed by atoms with van der Waals surface area (Å²) in [5, 5.41) is 3.08. The molecule has 26 heavy (non-hydrogen) atoms. The van der Waals surface area contributed by atoms with Crippen LogP contribution in [0, 0.1) is 17.2 Å². The van der Waals surface area contributed by atoms with Crippen molar-refractivity contribution in [2.45, 2.75) is 25.7 Å². The molecule has 1 aromatic heterocycles. The molecule has 1 aromatic carbocycles. The van der Waals surface area contributed by atoms with Crippen LogP contribution in [0.25, 0.3) is 0 Å². The largest absolute Gasteiger partial charge is 0.355 e. The molecule has 2 aliphatic rings. The summed E-state index contributed by atoms with van der Waals surface area (Å²) in [5.74, 6) is 0.567. The molecule has 1 atom stereocenters. The van der Waals surface area contributed by atoms with Crippen LogP contribution in [-0.2, 0) is 11.2 Å². The minimum Gasteiger partial charge on any atom is -0.355 e. The number of carbonyl (C=O) groups excluding carboxylic acids is 1. The van der Waals surface area contributed by atoms with E-state index in [0.717, 1.165) is 24.9 Å². The third kappa shape index (κ3) is 3.28. The van der Waals surface area contributed by atoms with E-state index in [-0.39, 0.29) is 23.1 Å². The minimum atomic E-state index is -0.237. The molecule has 6 heteroatoms. The lowest BCUT2D eigenvalue weighted by atomic mass is 9.62. The molecule has 1 aliphatic heterocycles. The topological polar surface area (TPSA) is 58.1 Å². The highest BCUT2D eigenvalue weighted by Gasteiger charge is 2.53. The summed E-state index contributed by atoms with van der Waals surface area (Å²) >= 11 is 0. The third-order valence-corrected chi connectivity index (χ3v) is 5.77. The molecule has 1 unspecified atom stereocenters. The van der Waals surface area contributed by atoms with Gasteiger partial charge in [-0.2, -0.15) is 0 Å². The first kappa shape index (κ1) is 16.9. The van der Waals surface area contributed by atoms with Crippen molar-refractivity contribution < 1.29 is 9.18 Å². The Morgan fingerprint density at radius 2 is 1.96 bits per heavy atom. The lowest BCUT2D eigenvalue weighted by molar-refractivity contribution is -0.129. The maximum atomic E-state index is 13.0. The first-order valence-corrected chi connectivity index (χ1v) is 9.20. The molecule has 4 rings (SSSR count). The van der Waals surface area contributed by atoms with Crippen molar-refractivity contribution in [3.8, 4) is 0 Å². The zero-order valence-corrected chi connectivity index (χ0v) is 14.7. The maximum Gasteiger partial charge on any atom is 0.225 e. The zero-order valence-electron chi connectivity index (χ0n) is 14.7. The lowest BCUT2D eigenvalue weighted by Gasteiger charge is -2.41. The minimum absolute atomic E-state index is 0.0201. The van der Waals surface area contributed by atoms with Crippen LogP contribution in [-0.4, -0.2) is 35.5 Å². The van der Waals surface area contributed by atoms with Crippen molar-refractivity contribution in [3.63, 3.8) is 0 Å². The SMILES string of the molecule is O=C(NCCc1ccc(F)cc1)C1CN(c2ncccn2)CC12CCC2. The second-order valence-corrected chi connectivity index (χ2v) is 7.37. The van der Waals surface area contributed by atoms with Gasteiger partial charge in [-0.25, -0.2) is 14.4 Å². The van der Waals surface area contributed by atoms with E-state index in [1.54, 1.807) is 30.6 Å². The van der Waals surface area contributed by atoms with Gasteiger partial charge in [0, 0.05) is 37.4 Å². The number of carbonyl (C=O) groups is 1. The van der Waals surface area contributed by atoms with Crippen molar-refractivity contribution in [1.82, 2.24) is 15.3 Å². The molecule has 2 heterocycles. The number of benzene rings is 1. The smallest absolute Gasteiger partial charge is 0.225 e. The number of nitrogens with one attached hydrogen (secondary N) is 1. The first-order valence-electron chi connectivity index (χ1n) is 9.20. The van der Waals surface area contributed by atoms with E-state index in [2.05, 4.69) is 20.2 Å². The Labute approximate surface area is 152 Å². The Bertz CT molecular complexity index is 761. The molecule has 0 radical (unpaired) electrons. The number of anilines is 1. The average molecular weight is 354 g/mol. The molecule has 136 valence electrons. The van der Waals surface area contributed by atoms with Gasteiger partial charge in [0.2, 0.25) is 11.9 Å². The highest BCUT2D eigenvalue weighted by molar-refractivity contribution is 5.81. The Hall–Kier alpha value is -2.50. The van der Waals surface area contributed by atoms with Crippen LogP contribution in [0.4, 0.5) is 10.3 Å². The van der Waals surface area contributed by atoms with Gasteiger partial charge >= 0.3 is 0 Å². The van der Waals surface area contributed by atoms with Crippen LogP contribution < -0.4 is 10.2 Å². The summed E-state index contributed by atoms with van der Waals surface area (Å²) in [6.07, 6.45) is 7.55. The Morgan fingerprint density at radius 3 is 2.62 bits per heavy atom. The number of amides is 1. The standard InChI is InChI=1S/C20H23FN4O/c21-16-5-3-15(4-6-16)7-12-22-18(26)17-13-25(14-20(17)8-1-9-20)19-23-10-2-11-24-19/h2-6,10-11,17H,1,7-9,12-14H2,(H,22,26). The monoisotopic (exact) mass is 354 g/mol. The van der Waals surface area contributed by atoms with Crippen LogP contribution in [0.15, 0.2) is 42.7 Å². The molecular formula is C20H23FN4O. The molecule has 1 aliphatic carbocycles.